The summed E-state index contributed by atoms with van der Waals surface area (Å²) in [5.74, 6) is 0.951. The number of amides is 1. The SMILES string of the molecule is CCCNc1ccccc1C(=O)NCC1(C2CC2)CC1. The van der Waals surface area contributed by atoms with Crippen molar-refractivity contribution in [3.8, 4) is 0 Å². The molecule has 0 aromatic heterocycles. The summed E-state index contributed by atoms with van der Waals surface area (Å²) in [5.41, 5.74) is 2.18. The van der Waals surface area contributed by atoms with Crippen LogP contribution < -0.4 is 10.6 Å². The maximum Gasteiger partial charge on any atom is 0.253 e. The molecule has 2 aliphatic rings. The first-order valence-corrected chi connectivity index (χ1v) is 7.86. The number of para-hydroxylation sites is 1. The summed E-state index contributed by atoms with van der Waals surface area (Å²) in [6.45, 7) is 3.89. The predicted octanol–water partition coefficient (Wildman–Crippen LogP) is 3.43. The Kier molecular flexibility index (Phi) is 3.68. The molecule has 0 saturated heterocycles. The fourth-order valence-electron chi connectivity index (χ4n) is 3.03. The lowest BCUT2D eigenvalue weighted by molar-refractivity contribution is 0.0943. The second-order valence-electron chi connectivity index (χ2n) is 6.29. The summed E-state index contributed by atoms with van der Waals surface area (Å²) >= 11 is 0. The van der Waals surface area contributed by atoms with Crippen LogP contribution in [0.15, 0.2) is 24.3 Å². The molecule has 1 aromatic rings. The smallest absolute Gasteiger partial charge is 0.253 e. The van der Waals surface area contributed by atoms with Crippen molar-refractivity contribution in [2.45, 2.75) is 39.0 Å². The van der Waals surface area contributed by atoms with Crippen LogP contribution in [0.3, 0.4) is 0 Å². The quantitative estimate of drug-likeness (QED) is 0.798. The highest BCUT2D eigenvalue weighted by atomic mass is 16.1. The van der Waals surface area contributed by atoms with Crippen LogP contribution in [-0.2, 0) is 0 Å². The number of benzene rings is 1. The van der Waals surface area contributed by atoms with E-state index in [0.29, 0.717) is 5.41 Å². The van der Waals surface area contributed by atoms with Crippen LogP contribution in [0.25, 0.3) is 0 Å². The van der Waals surface area contributed by atoms with Gasteiger partial charge in [0.2, 0.25) is 0 Å². The van der Waals surface area contributed by atoms with Crippen molar-refractivity contribution in [3.63, 3.8) is 0 Å². The zero-order valence-corrected chi connectivity index (χ0v) is 12.2. The van der Waals surface area contributed by atoms with Gasteiger partial charge in [0.25, 0.3) is 5.91 Å². The fourth-order valence-corrected chi connectivity index (χ4v) is 3.03. The second kappa shape index (κ2) is 5.47. The Hall–Kier alpha value is -1.51. The summed E-state index contributed by atoms with van der Waals surface area (Å²) in [5, 5.41) is 6.49. The molecular weight excluding hydrogens is 248 g/mol. The molecule has 3 nitrogen and oxygen atoms in total. The van der Waals surface area contributed by atoms with Gasteiger partial charge in [0.1, 0.15) is 0 Å². The lowest BCUT2D eigenvalue weighted by Gasteiger charge is -2.16. The molecule has 0 atom stereocenters. The fraction of sp³-hybridized carbons (Fsp3) is 0.588. The van der Waals surface area contributed by atoms with Crippen molar-refractivity contribution in [3.05, 3.63) is 29.8 Å². The lowest BCUT2D eigenvalue weighted by Crippen LogP contribution is -2.31. The zero-order valence-electron chi connectivity index (χ0n) is 12.2. The van der Waals surface area contributed by atoms with Crippen LogP contribution in [0, 0.1) is 11.3 Å². The van der Waals surface area contributed by atoms with Gasteiger partial charge < -0.3 is 10.6 Å². The highest BCUT2D eigenvalue weighted by Crippen LogP contribution is 2.60. The molecule has 1 amide bonds. The highest BCUT2D eigenvalue weighted by Gasteiger charge is 2.53. The molecule has 3 heteroatoms. The summed E-state index contributed by atoms with van der Waals surface area (Å²) in [6.07, 6.45) is 6.39. The van der Waals surface area contributed by atoms with E-state index in [4.69, 9.17) is 0 Å². The van der Waals surface area contributed by atoms with E-state index in [-0.39, 0.29) is 5.91 Å². The predicted molar refractivity (Wildman–Crippen MR) is 81.9 cm³/mol. The van der Waals surface area contributed by atoms with Crippen LogP contribution >= 0.6 is 0 Å². The van der Waals surface area contributed by atoms with Crippen molar-refractivity contribution >= 4 is 11.6 Å². The van der Waals surface area contributed by atoms with Gasteiger partial charge >= 0.3 is 0 Å². The van der Waals surface area contributed by atoms with Gasteiger partial charge in [0.15, 0.2) is 0 Å². The Morgan fingerprint density at radius 2 is 2.05 bits per heavy atom. The minimum atomic E-state index is 0.0659. The van der Waals surface area contributed by atoms with E-state index in [2.05, 4.69) is 17.6 Å². The number of nitrogens with one attached hydrogen (secondary N) is 2. The van der Waals surface area contributed by atoms with Crippen molar-refractivity contribution in [1.82, 2.24) is 5.32 Å². The third kappa shape index (κ3) is 2.82. The van der Waals surface area contributed by atoms with Gasteiger partial charge in [-0.1, -0.05) is 19.1 Å². The Bertz CT molecular complexity index is 490. The molecule has 0 unspecified atom stereocenters. The summed E-state index contributed by atoms with van der Waals surface area (Å²) < 4.78 is 0. The molecule has 0 spiro atoms. The van der Waals surface area contributed by atoms with Crippen molar-refractivity contribution in [2.24, 2.45) is 11.3 Å². The first kappa shape index (κ1) is 13.5. The van der Waals surface area contributed by atoms with Gasteiger partial charge in [-0.25, -0.2) is 0 Å². The number of carbonyl (C=O) groups is 1. The molecule has 3 rings (SSSR count). The average Bonchev–Trinajstić information content (AvgIpc) is 3.35. The van der Waals surface area contributed by atoms with E-state index in [1.54, 1.807) is 0 Å². The third-order valence-corrected chi connectivity index (χ3v) is 4.67. The summed E-state index contributed by atoms with van der Waals surface area (Å²) in [6, 6.07) is 7.80. The third-order valence-electron chi connectivity index (χ3n) is 4.67. The minimum Gasteiger partial charge on any atom is -0.384 e. The van der Waals surface area contributed by atoms with Crippen molar-refractivity contribution in [1.29, 1.82) is 0 Å². The normalized spacial score (nSPS) is 19.4. The number of hydrogen-bond donors (Lipinski definition) is 2. The molecule has 0 heterocycles. The first-order chi connectivity index (χ1) is 9.75. The molecule has 2 fully saturated rings. The molecule has 20 heavy (non-hydrogen) atoms. The Morgan fingerprint density at radius 3 is 2.70 bits per heavy atom. The van der Waals surface area contributed by atoms with Gasteiger partial charge in [-0.3, -0.25) is 4.79 Å². The van der Waals surface area contributed by atoms with Crippen molar-refractivity contribution in [2.75, 3.05) is 18.4 Å². The number of rotatable bonds is 7. The molecule has 2 N–H and O–H groups in total. The van der Waals surface area contributed by atoms with E-state index in [0.717, 1.165) is 36.7 Å². The van der Waals surface area contributed by atoms with Gasteiger partial charge in [-0.2, -0.15) is 0 Å². The highest BCUT2D eigenvalue weighted by molar-refractivity contribution is 5.99. The van der Waals surface area contributed by atoms with E-state index < -0.39 is 0 Å². The van der Waals surface area contributed by atoms with Gasteiger partial charge in [0, 0.05) is 18.8 Å². The zero-order chi connectivity index (χ0) is 14.0. The monoisotopic (exact) mass is 272 g/mol. The number of hydrogen-bond acceptors (Lipinski definition) is 2. The minimum absolute atomic E-state index is 0.0659. The van der Waals surface area contributed by atoms with Crippen LogP contribution in [-0.4, -0.2) is 19.0 Å². The van der Waals surface area contributed by atoms with Crippen LogP contribution in [0.4, 0.5) is 5.69 Å². The molecule has 2 saturated carbocycles. The molecule has 0 bridgehead atoms. The largest absolute Gasteiger partial charge is 0.384 e. The van der Waals surface area contributed by atoms with Crippen LogP contribution in [0.1, 0.15) is 49.4 Å². The topological polar surface area (TPSA) is 41.1 Å². The first-order valence-electron chi connectivity index (χ1n) is 7.86. The second-order valence-corrected chi connectivity index (χ2v) is 6.29. The van der Waals surface area contributed by atoms with Gasteiger partial charge in [0.05, 0.1) is 5.56 Å². The Labute approximate surface area is 121 Å². The van der Waals surface area contributed by atoms with Gasteiger partial charge in [-0.15, -0.1) is 0 Å². The molecule has 108 valence electrons. The molecule has 2 aliphatic carbocycles. The molecule has 0 aliphatic heterocycles. The maximum absolute atomic E-state index is 12.4. The Balaban J connectivity index is 1.61. The van der Waals surface area contributed by atoms with E-state index in [1.165, 1.54) is 25.7 Å². The average molecular weight is 272 g/mol. The molecule has 1 aromatic carbocycles. The standard InChI is InChI=1S/C17H24N2O/c1-2-11-18-15-6-4-3-5-14(15)16(20)19-12-17(9-10-17)13-7-8-13/h3-6,13,18H,2,7-12H2,1H3,(H,19,20). The molecular formula is C17H24N2O. The Morgan fingerprint density at radius 1 is 1.30 bits per heavy atom. The van der Waals surface area contributed by atoms with Crippen LogP contribution in [0.2, 0.25) is 0 Å². The number of carbonyl (C=O) groups excluding carboxylic acids is 1. The van der Waals surface area contributed by atoms with Gasteiger partial charge in [-0.05, 0) is 55.6 Å². The number of anilines is 1. The molecule has 0 radical (unpaired) electrons. The maximum atomic E-state index is 12.4. The summed E-state index contributed by atoms with van der Waals surface area (Å²) in [4.78, 5) is 12.4. The van der Waals surface area contributed by atoms with Crippen molar-refractivity contribution < 1.29 is 4.79 Å². The summed E-state index contributed by atoms with van der Waals surface area (Å²) in [7, 11) is 0. The lowest BCUT2D eigenvalue weighted by atomic mass is 10.0. The van der Waals surface area contributed by atoms with E-state index >= 15 is 0 Å². The van der Waals surface area contributed by atoms with E-state index in [1.807, 2.05) is 24.3 Å². The van der Waals surface area contributed by atoms with Crippen LogP contribution in [0.5, 0.6) is 0 Å². The van der Waals surface area contributed by atoms with E-state index in [9.17, 15) is 4.79 Å².